The summed E-state index contributed by atoms with van der Waals surface area (Å²) in [5.41, 5.74) is 5.51. The maximum atomic E-state index is 2.24. The van der Waals surface area contributed by atoms with Gasteiger partial charge in [0, 0.05) is 35.4 Å². The van der Waals surface area contributed by atoms with Crippen molar-refractivity contribution in [3.8, 4) is 0 Å². The molecule has 0 aliphatic rings. The topological polar surface area (TPSA) is 0 Å². The van der Waals surface area contributed by atoms with Gasteiger partial charge in [0.25, 0.3) is 0 Å². The third-order valence-electron chi connectivity index (χ3n) is 4.50. The van der Waals surface area contributed by atoms with E-state index in [1.165, 1.54) is 43.8 Å². The summed E-state index contributed by atoms with van der Waals surface area (Å²) in [6.45, 7) is 12.9. The van der Waals surface area contributed by atoms with Gasteiger partial charge in [-0.2, -0.15) is 24.3 Å². The summed E-state index contributed by atoms with van der Waals surface area (Å²) < 4.78 is 0. The molecule has 0 bridgehead atoms. The molecule has 0 N–H and O–H groups in total. The SMILES string of the molecule is C[Si]C.Cc1cc2cc[cH-]c2cc1C.Cc1cc2cc[cH-]c2cc1C.[Hf]. The van der Waals surface area contributed by atoms with Crippen LogP contribution in [0.2, 0.25) is 13.1 Å². The second kappa shape index (κ2) is 10.8. The van der Waals surface area contributed by atoms with Crippen LogP contribution in [-0.2, 0) is 25.8 Å². The van der Waals surface area contributed by atoms with E-state index in [-0.39, 0.29) is 25.8 Å². The van der Waals surface area contributed by atoms with Crippen LogP contribution in [0.25, 0.3) is 21.5 Å². The number of benzene rings is 2. The van der Waals surface area contributed by atoms with Crippen molar-refractivity contribution >= 4 is 31.1 Å². The van der Waals surface area contributed by atoms with E-state index in [9.17, 15) is 0 Å². The fraction of sp³-hybridized carbons (Fsp3) is 0.250. The zero-order valence-electron chi connectivity index (χ0n) is 16.8. The molecule has 0 unspecified atom stereocenters. The molecule has 0 nitrogen and oxygen atoms in total. The molecule has 0 heterocycles. The fourth-order valence-corrected chi connectivity index (χ4v) is 2.81. The Bertz CT molecular complexity index is 793. The minimum Gasteiger partial charge on any atom is -0.168 e. The predicted octanol–water partition coefficient (Wildman–Crippen LogP) is 7.14. The summed E-state index contributed by atoms with van der Waals surface area (Å²) in [6.07, 6.45) is 0. The summed E-state index contributed by atoms with van der Waals surface area (Å²) in [5.74, 6) is 0. The number of rotatable bonds is 0. The molecular formula is C24H28HfSi-2. The Morgan fingerprint density at radius 2 is 0.923 bits per heavy atom. The van der Waals surface area contributed by atoms with Crippen LogP contribution in [0.3, 0.4) is 0 Å². The van der Waals surface area contributed by atoms with Gasteiger partial charge in [0.05, 0.1) is 0 Å². The summed E-state index contributed by atoms with van der Waals surface area (Å²) in [7, 11) is 1.08. The smallest absolute Gasteiger partial charge is 0.0307 e. The van der Waals surface area contributed by atoms with E-state index in [0.29, 0.717) is 0 Å². The quantitative estimate of drug-likeness (QED) is 0.170. The molecule has 0 aliphatic heterocycles. The largest absolute Gasteiger partial charge is 0.168 e. The zero-order valence-corrected chi connectivity index (χ0v) is 21.4. The Hall–Kier alpha value is -1.25. The molecule has 134 valence electrons. The van der Waals surface area contributed by atoms with Crippen molar-refractivity contribution in [1.29, 1.82) is 0 Å². The van der Waals surface area contributed by atoms with Crippen molar-refractivity contribution in [2.24, 2.45) is 0 Å². The third-order valence-corrected chi connectivity index (χ3v) is 4.50. The van der Waals surface area contributed by atoms with E-state index in [1.54, 1.807) is 0 Å². The first-order chi connectivity index (χ1) is 12.0. The van der Waals surface area contributed by atoms with Crippen molar-refractivity contribution in [3.05, 3.63) is 82.9 Å². The van der Waals surface area contributed by atoms with Crippen molar-refractivity contribution in [3.63, 3.8) is 0 Å². The van der Waals surface area contributed by atoms with Crippen LogP contribution in [0.5, 0.6) is 0 Å². The molecule has 0 aliphatic carbocycles. The second-order valence-electron chi connectivity index (χ2n) is 6.68. The maximum absolute atomic E-state index is 2.24. The van der Waals surface area contributed by atoms with E-state index in [1.807, 2.05) is 0 Å². The van der Waals surface area contributed by atoms with Crippen LogP contribution in [0, 0.1) is 27.7 Å². The number of aryl methyl sites for hydroxylation is 4. The van der Waals surface area contributed by atoms with Gasteiger partial charge in [-0.25, -0.2) is 0 Å². The Balaban J connectivity index is 0.000000219. The zero-order chi connectivity index (χ0) is 18.4. The van der Waals surface area contributed by atoms with Crippen LogP contribution < -0.4 is 0 Å². The van der Waals surface area contributed by atoms with Crippen molar-refractivity contribution < 1.29 is 25.8 Å². The Labute approximate surface area is 180 Å². The van der Waals surface area contributed by atoms with Gasteiger partial charge in [0.1, 0.15) is 0 Å². The molecule has 0 atom stereocenters. The predicted molar refractivity (Wildman–Crippen MR) is 116 cm³/mol. The summed E-state index contributed by atoms with van der Waals surface area (Å²) in [5, 5.41) is 5.42. The van der Waals surface area contributed by atoms with Gasteiger partial charge < -0.3 is 0 Å². The molecule has 0 saturated carbocycles. The molecule has 0 saturated heterocycles. The van der Waals surface area contributed by atoms with Crippen molar-refractivity contribution in [2.75, 3.05) is 0 Å². The molecule has 4 rings (SSSR count). The monoisotopic (exact) mass is 524 g/mol. The van der Waals surface area contributed by atoms with Crippen molar-refractivity contribution in [1.82, 2.24) is 0 Å². The average molecular weight is 523 g/mol. The number of hydrogen-bond acceptors (Lipinski definition) is 0. The first-order valence-corrected chi connectivity index (χ1v) is 10.8. The second-order valence-corrected chi connectivity index (χ2v) is 7.68. The van der Waals surface area contributed by atoms with Crippen LogP contribution in [0.4, 0.5) is 0 Å². The molecule has 4 aromatic carbocycles. The van der Waals surface area contributed by atoms with Gasteiger partial charge in [-0.1, -0.05) is 35.3 Å². The van der Waals surface area contributed by atoms with Gasteiger partial charge >= 0.3 is 0 Å². The Morgan fingerprint density at radius 1 is 0.615 bits per heavy atom. The first-order valence-electron chi connectivity index (χ1n) is 8.80. The molecule has 0 aromatic heterocycles. The Kier molecular flexibility index (Phi) is 9.46. The third kappa shape index (κ3) is 5.89. The standard InChI is InChI=1S/2C11H11.C2H6Si.Hf/c2*1-8-6-10-4-3-5-11(10)7-9(8)2;1-3-2;/h2*3-7H,1-2H3;1-2H3;/q2*-1;;. The van der Waals surface area contributed by atoms with Crippen LogP contribution in [0.15, 0.2) is 60.7 Å². The van der Waals surface area contributed by atoms with E-state index in [4.69, 9.17) is 0 Å². The van der Waals surface area contributed by atoms with Gasteiger partial charge in [0.15, 0.2) is 0 Å². The van der Waals surface area contributed by atoms with Crippen LogP contribution >= 0.6 is 0 Å². The molecule has 0 fully saturated rings. The average Bonchev–Trinajstić information content (AvgIpc) is 3.19. The summed E-state index contributed by atoms with van der Waals surface area (Å²) >= 11 is 0. The molecule has 0 amide bonds. The van der Waals surface area contributed by atoms with Gasteiger partial charge in [0.2, 0.25) is 0 Å². The number of fused-ring (bicyclic) bond motifs is 2. The molecular weight excluding hydrogens is 495 g/mol. The molecule has 2 radical (unpaired) electrons. The normalized spacial score (nSPS) is 9.77. The Morgan fingerprint density at radius 3 is 1.27 bits per heavy atom. The van der Waals surface area contributed by atoms with E-state index >= 15 is 0 Å². The molecule has 26 heavy (non-hydrogen) atoms. The van der Waals surface area contributed by atoms with Gasteiger partial charge in [-0.05, 0) is 27.7 Å². The summed E-state index contributed by atoms with van der Waals surface area (Å²) in [4.78, 5) is 0. The molecule has 4 aromatic rings. The minimum absolute atomic E-state index is 0. The van der Waals surface area contributed by atoms with Crippen molar-refractivity contribution in [2.45, 2.75) is 40.8 Å². The number of hydrogen-bond donors (Lipinski definition) is 0. The van der Waals surface area contributed by atoms with E-state index in [0.717, 1.165) is 9.52 Å². The van der Waals surface area contributed by atoms with Crippen LogP contribution in [-0.4, -0.2) is 9.52 Å². The first kappa shape index (κ1) is 22.8. The van der Waals surface area contributed by atoms with Gasteiger partial charge in [-0.3, -0.25) is 0 Å². The molecule has 2 heteroatoms. The summed E-state index contributed by atoms with van der Waals surface area (Å²) in [6, 6.07) is 21.8. The van der Waals surface area contributed by atoms with Crippen LogP contribution in [0.1, 0.15) is 22.3 Å². The maximum Gasteiger partial charge on any atom is 0.0307 e. The van der Waals surface area contributed by atoms with Gasteiger partial charge in [-0.15, -0.1) is 57.9 Å². The minimum atomic E-state index is 0. The molecule has 0 spiro atoms. The van der Waals surface area contributed by atoms with E-state index in [2.05, 4.69) is 101 Å². The fourth-order valence-electron chi connectivity index (χ4n) is 2.81. The van der Waals surface area contributed by atoms with E-state index < -0.39 is 0 Å².